The fourth-order valence-corrected chi connectivity index (χ4v) is 3.40. The summed E-state index contributed by atoms with van der Waals surface area (Å²) in [5.41, 5.74) is 8.91. The second kappa shape index (κ2) is 8.93. The van der Waals surface area contributed by atoms with Crippen LogP contribution in [0.2, 0.25) is 10.0 Å². The minimum Gasteiger partial charge on any atom is -0.374 e. The van der Waals surface area contributed by atoms with Crippen LogP contribution < -0.4 is 56.9 Å². The normalized spacial score (nSPS) is 14.0. The summed E-state index contributed by atoms with van der Waals surface area (Å²) in [5.74, 6) is 0.165. The average Bonchev–Trinajstić information content (AvgIpc) is 3.24. The van der Waals surface area contributed by atoms with Crippen LogP contribution in [0, 0.1) is 6.92 Å². The van der Waals surface area contributed by atoms with Gasteiger partial charge in [-0.2, -0.15) is 13.9 Å². The number of benzene rings is 2. The van der Waals surface area contributed by atoms with E-state index in [0.717, 1.165) is 22.2 Å². The molecular formula is C17H13Cl2F2KN6. The van der Waals surface area contributed by atoms with Crippen molar-refractivity contribution >= 4 is 39.9 Å². The number of hydrogen-bond acceptors (Lipinski definition) is 4. The van der Waals surface area contributed by atoms with Crippen molar-refractivity contribution < 1.29 is 60.2 Å². The molecule has 0 spiro atoms. The van der Waals surface area contributed by atoms with Crippen molar-refractivity contribution in [3.8, 4) is 0 Å². The Balaban J connectivity index is 0.00000225. The number of fused-ring (bicyclic) bond motifs is 1. The summed E-state index contributed by atoms with van der Waals surface area (Å²) in [6, 6.07) is 10.7. The molecule has 140 valence electrons. The molecule has 1 N–H and O–H groups in total. The van der Waals surface area contributed by atoms with E-state index in [1.807, 2.05) is 13.0 Å². The number of hydrogen-bond donors (Lipinski definition) is 1. The molecule has 3 aromatic rings. The van der Waals surface area contributed by atoms with Crippen molar-refractivity contribution in [2.45, 2.75) is 20.0 Å². The predicted octanol–water partition coefficient (Wildman–Crippen LogP) is 1.70. The molecule has 0 bridgehead atoms. The number of halogens is 4. The summed E-state index contributed by atoms with van der Waals surface area (Å²) >= 11 is 12.5. The summed E-state index contributed by atoms with van der Waals surface area (Å²) in [5, 5.41) is 10.8. The third-order valence-electron chi connectivity index (χ3n) is 4.21. The number of aryl methyl sites for hydroxylation is 1. The zero-order valence-electron chi connectivity index (χ0n) is 15.0. The molecule has 1 aromatic heterocycles. The number of nitrogens with one attached hydrogen (secondary N) is 1. The Kier molecular flexibility index (Phi) is 6.99. The van der Waals surface area contributed by atoms with Gasteiger partial charge in [-0.15, -0.1) is 5.12 Å². The van der Waals surface area contributed by atoms with Crippen molar-refractivity contribution in [1.29, 1.82) is 0 Å². The van der Waals surface area contributed by atoms with Gasteiger partial charge in [-0.1, -0.05) is 41.4 Å². The SMILES string of the molecule is Cc1nn(Cc2c(Cl)cccc2Cl)c2cc(C3=NNN(C(F)F)[N-]3)ccc12.[K+]. The molecule has 0 aliphatic carbocycles. The van der Waals surface area contributed by atoms with E-state index in [-0.39, 0.29) is 57.2 Å². The average molecular weight is 449 g/mol. The van der Waals surface area contributed by atoms with Gasteiger partial charge in [0.1, 0.15) is 0 Å². The maximum absolute atomic E-state index is 12.7. The maximum atomic E-state index is 12.7. The topological polar surface area (TPSA) is 59.6 Å². The molecule has 2 heterocycles. The quantitative estimate of drug-likeness (QED) is 0.488. The molecule has 0 radical (unpaired) electrons. The van der Waals surface area contributed by atoms with Crippen LogP contribution >= 0.6 is 23.2 Å². The monoisotopic (exact) mass is 448 g/mol. The van der Waals surface area contributed by atoms with Crippen LogP contribution in [0.4, 0.5) is 8.78 Å². The molecule has 6 nitrogen and oxygen atoms in total. The fraction of sp³-hybridized carbons (Fsp3) is 0.176. The third kappa shape index (κ3) is 4.22. The van der Waals surface area contributed by atoms with Crippen molar-refractivity contribution in [3.63, 3.8) is 0 Å². The largest absolute Gasteiger partial charge is 1.00 e. The Morgan fingerprint density at radius 1 is 1.18 bits per heavy atom. The van der Waals surface area contributed by atoms with Crippen LogP contribution in [-0.2, 0) is 6.54 Å². The van der Waals surface area contributed by atoms with Gasteiger partial charge >= 0.3 is 57.9 Å². The first-order valence-corrected chi connectivity index (χ1v) is 8.72. The van der Waals surface area contributed by atoms with Gasteiger partial charge in [-0.25, -0.2) is 0 Å². The van der Waals surface area contributed by atoms with Crippen LogP contribution in [-0.4, -0.2) is 27.3 Å². The maximum Gasteiger partial charge on any atom is 1.00 e. The Morgan fingerprint density at radius 3 is 2.54 bits per heavy atom. The van der Waals surface area contributed by atoms with Crippen LogP contribution in [0.15, 0.2) is 41.5 Å². The summed E-state index contributed by atoms with van der Waals surface area (Å²) in [7, 11) is 0. The molecule has 11 heteroatoms. The number of hydrazone groups is 1. The second-order valence-corrected chi connectivity index (χ2v) is 6.75. The first-order valence-electron chi connectivity index (χ1n) is 7.97. The second-order valence-electron chi connectivity index (χ2n) is 5.93. The van der Waals surface area contributed by atoms with Crippen LogP contribution in [0.1, 0.15) is 16.8 Å². The first-order chi connectivity index (χ1) is 12.9. The number of alkyl halides is 2. The summed E-state index contributed by atoms with van der Waals surface area (Å²) in [6.45, 7) is -0.521. The van der Waals surface area contributed by atoms with Gasteiger partial charge in [0.15, 0.2) is 0 Å². The Labute approximate surface area is 212 Å². The fourth-order valence-electron chi connectivity index (χ4n) is 2.89. The molecule has 0 atom stereocenters. The standard InChI is InChI=1S/C17H13Cl2F2N6.K/c1-9-11-6-5-10(16-22-25-27(24-16)17(20)21)7-15(11)26(23-9)8-12-13(18)3-2-4-14(12)19;/h2-7,17,25H,8H2,1H3;/q-1;+1. The third-order valence-corrected chi connectivity index (χ3v) is 4.92. The van der Waals surface area contributed by atoms with Crippen molar-refractivity contribution in [2.75, 3.05) is 0 Å². The van der Waals surface area contributed by atoms with Gasteiger partial charge in [0.25, 0.3) is 0 Å². The zero-order valence-corrected chi connectivity index (χ0v) is 19.6. The van der Waals surface area contributed by atoms with Crippen LogP contribution in [0.5, 0.6) is 0 Å². The Hall–Kier alpha value is -0.784. The molecule has 4 rings (SSSR count). The number of amidine groups is 1. The van der Waals surface area contributed by atoms with Crippen LogP contribution in [0.25, 0.3) is 16.3 Å². The molecule has 0 amide bonds. The predicted molar refractivity (Wildman–Crippen MR) is 101 cm³/mol. The molecule has 0 unspecified atom stereocenters. The van der Waals surface area contributed by atoms with E-state index >= 15 is 0 Å². The minimum atomic E-state index is -2.79. The van der Waals surface area contributed by atoms with E-state index in [1.165, 1.54) is 0 Å². The molecule has 1 aliphatic rings. The molecule has 28 heavy (non-hydrogen) atoms. The van der Waals surface area contributed by atoms with E-state index < -0.39 is 6.55 Å². The van der Waals surface area contributed by atoms with E-state index in [4.69, 9.17) is 23.2 Å². The van der Waals surface area contributed by atoms with Crippen molar-refractivity contribution in [1.82, 2.24) is 20.4 Å². The van der Waals surface area contributed by atoms with Gasteiger partial charge < -0.3 is 16.1 Å². The number of hydrazine groups is 1. The van der Waals surface area contributed by atoms with E-state index in [2.05, 4.69) is 21.2 Å². The minimum absolute atomic E-state index is 0. The molecule has 0 saturated carbocycles. The van der Waals surface area contributed by atoms with Crippen LogP contribution in [0.3, 0.4) is 0 Å². The number of nitrogens with zero attached hydrogens (tertiary/aromatic N) is 5. The molecular weight excluding hydrogens is 436 g/mol. The molecule has 1 aliphatic heterocycles. The van der Waals surface area contributed by atoms with Gasteiger partial charge in [-0.3, -0.25) is 4.68 Å². The van der Waals surface area contributed by atoms with Gasteiger partial charge in [0.2, 0.25) is 0 Å². The Bertz CT molecular complexity index is 1040. The van der Waals surface area contributed by atoms with Gasteiger partial charge in [-0.05, 0) is 36.5 Å². The molecule has 0 saturated heterocycles. The van der Waals surface area contributed by atoms with Gasteiger partial charge in [0, 0.05) is 21.0 Å². The first kappa shape index (κ1) is 21.9. The number of rotatable bonds is 4. The number of aromatic nitrogens is 2. The van der Waals surface area contributed by atoms with E-state index in [1.54, 1.807) is 35.0 Å². The summed E-state index contributed by atoms with van der Waals surface area (Å²) < 4.78 is 27.2. The zero-order chi connectivity index (χ0) is 19.1. The van der Waals surface area contributed by atoms with E-state index in [0.29, 0.717) is 27.3 Å². The smallest absolute Gasteiger partial charge is 0.374 e. The molecule has 2 aromatic carbocycles. The molecule has 0 fully saturated rings. The van der Waals surface area contributed by atoms with Gasteiger partial charge in [0.05, 0.1) is 17.8 Å². The summed E-state index contributed by atoms with van der Waals surface area (Å²) in [4.78, 5) is 0. The Morgan fingerprint density at radius 2 is 1.89 bits per heavy atom. The van der Waals surface area contributed by atoms with Crippen molar-refractivity contribution in [3.05, 3.63) is 68.7 Å². The summed E-state index contributed by atoms with van der Waals surface area (Å²) in [6.07, 6.45) is 0. The van der Waals surface area contributed by atoms with E-state index in [9.17, 15) is 8.78 Å². The van der Waals surface area contributed by atoms with Crippen molar-refractivity contribution in [2.24, 2.45) is 5.10 Å².